The van der Waals surface area contributed by atoms with Crippen molar-refractivity contribution in [1.82, 2.24) is 19.3 Å². The predicted octanol–water partition coefficient (Wildman–Crippen LogP) is 2.63. The fourth-order valence-corrected chi connectivity index (χ4v) is 3.15. The molecule has 0 spiro atoms. The van der Waals surface area contributed by atoms with Crippen LogP contribution in [0.3, 0.4) is 0 Å². The second-order valence-electron chi connectivity index (χ2n) is 5.48. The lowest BCUT2D eigenvalue weighted by molar-refractivity contribution is 0.420. The highest BCUT2D eigenvalue weighted by Gasteiger charge is 2.16. The van der Waals surface area contributed by atoms with Gasteiger partial charge in [-0.3, -0.25) is 0 Å². The zero-order valence-corrected chi connectivity index (χ0v) is 12.1. The van der Waals surface area contributed by atoms with Gasteiger partial charge in [-0.15, -0.1) is 10.2 Å². The molecule has 21 heavy (non-hydrogen) atoms. The van der Waals surface area contributed by atoms with E-state index in [9.17, 15) is 0 Å². The molecule has 4 rings (SSSR count). The first-order valence-electron chi connectivity index (χ1n) is 7.39. The van der Waals surface area contributed by atoms with Crippen molar-refractivity contribution in [2.24, 2.45) is 0 Å². The summed E-state index contributed by atoms with van der Waals surface area (Å²) >= 11 is 0. The number of hydrogen-bond acceptors (Lipinski definition) is 3. The second-order valence-corrected chi connectivity index (χ2v) is 5.48. The van der Waals surface area contributed by atoms with Crippen molar-refractivity contribution in [3.8, 4) is 5.75 Å². The summed E-state index contributed by atoms with van der Waals surface area (Å²) in [4.78, 5) is 0. The normalized spacial score (nSPS) is 14.3. The van der Waals surface area contributed by atoms with Crippen LogP contribution in [0, 0.1) is 0 Å². The summed E-state index contributed by atoms with van der Waals surface area (Å²) in [5.41, 5.74) is 1.17. The lowest BCUT2D eigenvalue weighted by Gasteiger charge is -2.15. The van der Waals surface area contributed by atoms with Gasteiger partial charge in [0.15, 0.2) is 5.82 Å². The number of benzene rings is 1. The number of aryl methyl sites for hydroxylation is 1. The number of aromatic nitrogens is 4. The van der Waals surface area contributed by atoms with E-state index in [4.69, 9.17) is 4.74 Å². The van der Waals surface area contributed by atoms with Crippen LogP contribution in [-0.2, 0) is 19.5 Å². The van der Waals surface area contributed by atoms with Crippen LogP contribution in [0.2, 0.25) is 0 Å². The molecule has 0 saturated heterocycles. The lowest BCUT2D eigenvalue weighted by Crippen LogP contribution is -2.14. The molecule has 5 nitrogen and oxygen atoms in total. The Balaban J connectivity index is 1.73. The van der Waals surface area contributed by atoms with E-state index in [2.05, 4.69) is 37.7 Å². The SMILES string of the molecule is COc1cccc2c1ccn2Cc1nnc2n1CCCC2. The van der Waals surface area contributed by atoms with E-state index < -0.39 is 0 Å². The highest BCUT2D eigenvalue weighted by molar-refractivity contribution is 5.86. The van der Waals surface area contributed by atoms with Crippen LogP contribution in [0.5, 0.6) is 5.75 Å². The maximum Gasteiger partial charge on any atom is 0.153 e. The minimum absolute atomic E-state index is 0.754. The average molecular weight is 282 g/mol. The van der Waals surface area contributed by atoms with E-state index in [1.165, 1.54) is 18.4 Å². The van der Waals surface area contributed by atoms with Gasteiger partial charge in [-0.2, -0.15) is 0 Å². The van der Waals surface area contributed by atoms with E-state index in [-0.39, 0.29) is 0 Å². The van der Waals surface area contributed by atoms with E-state index in [0.717, 1.165) is 42.3 Å². The Hall–Kier alpha value is -2.30. The van der Waals surface area contributed by atoms with Crippen LogP contribution in [0.15, 0.2) is 30.5 Å². The first-order chi connectivity index (χ1) is 10.4. The molecule has 0 unspecified atom stereocenters. The van der Waals surface area contributed by atoms with Crippen molar-refractivity contribution < 1.29 is 4.74 Å². The molecule has 2 aromatic heterocycles. The summed E-state index contributed by atoms with van der Waals surface area (Å²) in [5, 5.41) is 9.85. The summed E-state index contributed by atoms with van der Waals surface area (Å²) < 4.78 is 9.91. The smallest absolute Gasteiger partial charge is 0.153 e. The fraction of sp³-hybridized carbons (Fsp3) is 0.375. The molecular weight excluding hydrogens is 264 g/mol. The summed E-state index contributed by atoms with van der Waals surface area (Å²) in [6.45, 7) is 1.80. The highest BCUT2D eigenvalue weighted by Crippen LogP contribution is 2.27. The van der Waals surface area contributed by atoms with Crippen LogP contribution < -0.4 is 4.74 Å². The van der Waals surface area contributed by atoms with Gasteiger partial charge in [0, 0.05) is 24.5 Å². The van der Waals surface area contributed by atoms with E-state index in [0.29, 0.717) is 0 Å². The lowest BCUT2D eigenvalue weighted by atomic mass is 10.2. The van der Waals surface area contributed by atoms with Crippen molar-refractivity contribution in [3.63, 3.8) is 0 Å². The molecule has 0 fully saturated rings. The molecular formula is C16H18N4O. The predicted molar refractivity (Wildman–Crippen MR) is 80.6 cm³/mol. The average Bonchev–Trinajstić information content (AvgIpc) is 3.13. The number of methoxy groups -OCH3 is 1. The molecule has 108 valence electrons. The second kappa shape index (κ2) is 4.91. The molecule has 5 heteroatoms. The van der Waals surface area contributed by atoms with Crippen LogP contribution in [0.4, 0.5) is 0 Å². The third-order valence-corrected chi connectivity index (χ3v) is 4.24. The zero-order chi connectivity index (χ0) is 14.2. The number of ether oxygens (including phenoxy) is 1. The molecule has 0 atom stereocenters. The first-order valence-corrected chi connectivity index (χ1v) is 7.39. The van der Waals surface area contributed by atoms with Crippen molar-refractivity contribution in [1.29, 1.82) is 0 Å². The molecule has 0 bridgehead atoms. The third kappa shape index (κ3) is 2.00. The molecule has 1 aromatic carbocycles. The monoisotopic (exact) mass is 282 g/mol. The van der Waals surface area contributed by atoms with Gasteiger partial charge in [0.1, 0.15) is 11.6 Å². The summed E-state index contributed by atoms with van der Waals surface area (Å²) in [6, 6.07) is 8.23. The van der Waals surface area contributed by atoms with E-state index in [1.807, 2.05) is 12.1 Å². The Labute approximate surface area is 123 Å². The summed E-state index contributed by atoms with van der Waals surface area (Å²) in [5.74, 6) is 3.09. The van der Waals surface area contributed by atoms with Gasteiger partial charge in [0.25, 0.3) is 0 Å². The quantitative estimate of drug-likeness (QED) is 0.742. The number of fused-ring (bicyclic) bond motifs is 2. The molecule has 0 radical (unpaired) electrons. The van der Waals surface area contributed by atoms with E-state index >= 15 is 0 Å². The van der Waals surface area contributed by atoms with Crippen molar-refractivity contribution >= 4 is 10.9 Å². The van der Waals surface area contributed by atoms with Gasteiger partial charge in [0.2, 0.25) is 0 Å². The third-order valence-electron chi connectivity index (χ3n) is 4.24. The van der Waals surface area contributed by atoms with Crippen LogP contribution in [0.1, 0.15) is 24.5 Å². The van der Waals surface area contributed by atoms with Gasteiger partial charge in [-0.1, -0.05) is 6.07 Å². The minimum Gasteiger partial charge on any atom is -0.496 e. The van der Waals surface area contributed by atoms with Gasteiger partial charge in [0.05, 0.1) is 19.2 Å². The Kier molecular flexibility index (Phi) is 2.91. The Morgan fingerprint density at radius 3 is 3.05 bits per heavy atom. The Bertz CT molecular complexity index is 787. The number of rotatable bonds is 3. The molecule has 0 saturated carbocycles. The Morgan fingerprint density at radius 2 is 2.14 bits per heavy atom. The minimum atomic E-state index is 0.754. The molecule has 1 aliphatic heterocycles. The van der Waals surface area contributed by atoms with Gasteiger partial charge in [-0.05, 0) is 31.0 Å². The van der Waals surface area contributed by atoms with Gasteiger partial charge >= 0.3 is 0 Å². The largest absolute Gasteiger partial charge is 0.496 e. The number of hydrogen-bond donors (Lipinski definition) is 0. The van der Waals surface area contributed by atoms with Gasteiger partial charge in [-0.25, -0.2) is 0 Å². The highest BCUT2D eigenvalue weighted by atomic mass is 16.5. The zero-order valence-electron chi connectivity index (χ0n) is 12.1. The van der Waals surface area contributed by atoms with E-state index in [1.54, 1.807) is 7.11 Å². The molecule has 0 N–H and O–H groups in total. The Morgan fingerprint density at radius 1 is 1.19 bits per heavy atom. The summed E-state index contributed by atoms with van der Waals surface area (Å²) in [6.07, 6.45) is 5.59. The maximum atomic E-state index is 5.42. The van der Waals surface area contributed by atoms with Crippen molar-refractivity contribution in [2.75, 3.05) is 7.11 Å². The van der Waals surface area contributed by atoms with Crippen LogP contribution in [-0.4, -0.2) is 26.4 Å². The fourth-order valence-electron chi connectivity index (χ4n) is 3.15. The summed E-state index contributed by atoms with van der Waals surface area (Å²) in [7, 11) is 1.71. The topological polar surface area (TPSA) is 44.9 Å². The molecule has 0 aliphatic carbocycles. The molecule has 0 amide bonds. The molecule has 3 heterocycles. The molecule has 1 aliphatic rings. The van der Waals surface area contributed by atoms with Crippen molar-refractivity contribution in [2.45, 2.75) is 32.4 Å². The van der Waals surface area contributed by atoms with Crippen LogP contribution in [0.25, 0.3) is 10.9 Å². The maximum absolute atomic E-state index is 5.42. The molecule has 3 aromatic rings. The van der Waals surface area contributed by atoms with Crippen molar-refractivity contribution in [3.05, 3.63) is 42.1 Å². The standard InChI is InChI=1S/C16H18N4O/c1-21-14-6-4-5-13-12(14)8-10-19(13)11-16-18-17-15-7-2-3-9-20(15)16/h4-6,8,10H,2-3,7,9,11H2,1H3. The van der Waals surface area contributed by atoms with Gasteiger partial charge < -0.3 is 13.9 Å². The van der Waals surface area contributed by atoms with Crippen LogP contribution >= 0.6 is 0 Å². The first kappa shape index (κ1) is 12.4. The number of nitrogens with zero attached hydrogens (tertiary/aromatic N) is 4.